The van der Waals surface area contributed by atoms with Crippen molar-refractivity contribution >= 4 is 33.6 Å². The van der Waals surface area contributed by atoms with Crippen LogP contribution in [0.25, 0.3) is 11.4 Å². The molecule has 2 atom stereocenters. The summed E-state index contributed by atoms with van der Waals surface area (Å²) in [5.41, 5.74) is 1.00. The summed E-state index contributed by atoms with van der Waals surface area (Å²) in [4.78, 5) is 15.2. The molecule has 4 rings (SSSR count). The number of likely N-dealkylation sites (tertiary alicyclic amines) is 1. The van der Waals surface area contributed by atoms with Gasteiger partial charge in [-0.3, -0.25) is 9.36 Å². The Morgan fingerprint density at radius 3 is 2.72 bits per heavy atom. The molecular formula is C22H27BrN4OS. The van der Waals surface area contributed by atoms with E-state index in [2.05, 4.69) is 37.6 Å². The van der Waals surface area contributed by atoms with Crippen LogP contribution in [0.1, 0.15) is 38.5 Å². The van der Waals surface area contributed by atoms with E-state index in [-0.39, 0.29) is 5.91 Å². The number of nitrogens with zero attached hydrogens (tertiary/aromatic N) is 4. The quantitative estimate of drug-likeness (QED) is 0.428. The number of piperidine rings is 1. The minimum Gasteiger partial charge on any atom is -0.339 e. The number of amides is 1. The summed E-state index contributed by atoms with van der Waals surface area (Å²) in [6.07, 6.45) is 9.29. The predicted octanol–water partition coefficient (Wildman–Crippen LogP) is 5.17. The first-order valence-electron chi connectivity index (χ1n) is 10.4. The lowest BCUT2D eigenvalue weighted by Gasteiger charge is -2.44. The molecule has 1 saturated carbocycles. The predicted molar refractivity (Wildman–Crippen MR) is 121 cm³/mol. The van der Waals surface area contributed by atoms with Gasteiger partial charge in [0, 0.05) is 29.2 Å². The largest absolute Gasteiger partial charge is 0.339 e. The number of hydrogen-bond donors (Lipinski definition) is 0. The molecule has 2 aliphatic rings. The molecule has 0 bridgehead atoms. The fraction of sp³-hybridized carbons (Fsp3) is 0.500. The maximum atomic E-state index is 13.0. The molecule has 7 heteroatoms. The average Bonchev–Trinajstić information content (AvgIpc) is 3.15. The lowest BCUT2D eigenvalue weighted by atomic mass is 9.78. The molecule has 1 saturated heterocycles. The van der Waals surface area contributed by atoms with Crippen molar-refractivity contribution < 1.29 is 4.79 Å². The lowest BCUT2D eigenvalue weighted by molar-refractivity contribution is -0.134. The van der Waals surface area contributed by atoms with Crippen LogP contribution < -0.4 is 0 Å². The highest BCUT2D eigenvalue weighted by Gasteiger charge is 2.35. The van der Waals surface area contributed by atoms with Crippen LogP contribution in [0.15, 0.2) is 46.5 Å². The molecule has 2 heterocycles. The van der Waals surface area contributed by atoms with Crippen molar-refractivity contribution in [3.63, 3.8) is 0 Å². The van der Waals surface area contributed by atoms with Gasteiger partial charge in [-0.25, -0.2) is 0 Å². The summed E-state index contributed by atoms with van der Waals surface area (Å²) in [6, 6.07) is 8.48. The van der Waals surface area contributed by atoms with E-state index in [1.54, 1.807) is 0 Å². The van der Waals surface area contributed by atoms with Gasteiger partial charge in [0.25, 0.3) is 0 Å². The second-order valence-electron chi connectivity index (χ2n) is 7.84. The number of carbonyl (C=O) groups is 1. The zero-order valence-electron chi connectivity index (χ0n) is 16.6. The van der Waals surface area contributed by atoms with Crippen molar-refractivity contribution in [2.24, 2.45) is 5.92 Å². The molecule has 1 aliphatic heterocycles. The Morgan fingerprint density at radius 1 is 1.17 bits per heavy atom. The lowest BCUT2D eigenvalue weighted by Crippen LogP contribution is -2.50. The SMILES string of the molecule is C=CCn1c(SCC(=O)N2CCC[C@@H]3CCCC[C@H]32)nnc1-c1ccc(Br)cc1. The average molecular weight is 475 g/mol. The molecule has 1 aromatic heterocycles. The number of hydrogen-bond acceptors (Lipinski definition) is 4. The van der Waals surface area contributed by atoms with Gasteiger partial charge in [-0.1, -0.05) is 58.7 Å². The van der Waals surface area contributed by atoms with Gasteiger partial charge in [0.2, 0.25) is 5.91 Å². The number of carbonyl (C=O) groups excluding carboxylic acids is 1. The summed E-state index contributed by atoms with van der Waals surface area (Å²) in [7, 11) is 0. The summed E-state index contributed by atoms with van der Waals surface area (Å²) in [6.45, 7) is 5.39. The van der Waals surface area contributed by atoms with E-state index in [0.717, 1.165) is 34.0 Å². The van der Waals surface area contributed by atoms with Gasteiger partial charge in [0.05, 0.1) is 5.75 Å². The van der Waals surface area contributed by atoms with Crippen LogP contribution in [0.3, 0.4) is 0 Å². The number of thioether (sulfide) groups is 1. The van der Waals surface area contributed by atoms with Gasteiger partial charge in [-0.2, -0.15) is 0 Å². The summed E-state index contributed by atoms with van der Waals surface area (Å²) in [5, 5.41) is 9.54. The molecule has 0 spiro atoms. The van der Waals surface area contributed by atoms with Crippen molar-refractivity contribution in [1.29, 1.82) is 0 Å². The summed E-state index contributed by atoms with van der Waals surface area (Å²) in [5.74, 6) is 2.17. The molecule has 2 aromatic rings. The second-order valence-corrected chi connectivity index (χ2v) is 9.70. The fourth-order valence-corrected chi connectivity index (χ4v) is 5.74. The molecular weight excluding hydrogens is 448 g/mol. The van der Waals surface area contributed by atoms with Gasteiger partial charge in [0.1, 0.15) is 0 Å². The Balaban J connectivity index is 1.47. The van der Waals surface area contributed by atoms with Gasteiger partial charge in [0.15, 0.2) is 11.0 Å². The Morgan fingerprint density at radius 2 is 1.93 bits per heavy atom. The highest BCUT2D eigenvalue weighted by atomic mass is 79.9. The van der Waals surface area contributed by atoms with Crippen LogP contribution in [0.4, 0.5) is 0 Å². The minimum atomic E-state index is 0.241. The number of halogens is 1. The van der Waals surface area contributed by atoms with Crippen LogP contribution in [0, 0.1) is 5.92 Å². The highest BCUT2D eigenvalue weighted by molar-refractivity contribution is 9.10. The standard InChI is InChI=1S/C22H27BrN4OS/c1-2-13-27-21(17-9-11-18(23)12-10-17)24-25-22(27)29-15-20(28)26-14-5-7-16-6-3-4-8-19(16)26/h2,9-12,16,19H,1,3-8,13-15H2/t16-,19+/m0/s1. The van der Waals surface area contributed by atoms with E-state index in [9.17, 15) is 4.79 Å². The van der Waals surface area contributed by atoms with Crippen molar-refractivity contribution in [2.75, 3.05) is 12.3 Å². The van der Waals surface area contributed by atoms with E-state index in [1.165, 1.54) is 43.9 Å². The molecule has 0 radical (unpaired) electrons. The first-order chi connectivity index (χ1) is 14.2. The zero-order valence-corrected chi connectivity index (χ0v) is 19.0. The first-order valence-corrected chi connectivity index (χ1v) is 12.2. The van der Waals surface area contributed by atoms with Gasteiger partial charge >= 0.3 is 0 Å². The van der Waals surface area contributed by atoms with E-state index in [0.29, 0.717) is 24.3 Å². The molecule has 154 valence electrons. The van der Waals surface area contributed by atoms with Gasteiger partial charge < -0.3 is 4.90 Å². The van der Waals surface area contributed by atoms with Crippen LogP contribution in [-0.2, 0) is 11.3 Å². The van der Waals surface area contributed by atoms with Crippen molar-refractivity contribution in [2.45, 2.75) is 56.3 Å². The topological polar surface area (TPSA) is 51.0 Å². The Labute approximate surface area is 185 Å². The van der Waals surface area contributed by atoms with Crippen LogP contribution in [0.5, 0.6) is 0 Å². The maximum Gasteiger partial charge on any atom is 0.233 e. The maximum absolute atomic E-state index is 13.0. The zero-order chi connectivity index (χ0) is 20.2. The Kier molecular flexibility index (Phi) is 6.75. The van der Waals surface area contributed by atoms with Crippen molar-refractivity contribution in [3.05, 3.63) is 41.4 Å². The Hall–Kier alpha value is -1.60. The Bertz CT molecular complexity index is 864. The van der Waals surface area contributed by atoms with Crippen molar-refractivity contribution in [1.82, 2.24) is 19.7 Å². The van der Waals surface area contributed by atoms with Crippen LogP contribution >= 0.6 is 27.7 Å². The molecule has 29 heavy (non-hydrogen) atoms. The van der Waals surface area contributed by atoms with Crippen LogP contribution in [-0.4, -0.2) is 43.9 Å². The summed E-state index contributed by atoms with van der Waals surface area (Å²) < 4.78 is 3.06. The molecule has 0 N–H and O–H groups in total. The molecule has 5 nitrogen and oxygen atoms in total. The molecule has 2 fully saturated rings. The second kappa shape index (κ2) is 9.47. The smallest absolute Gasteiger partial charge is 0.233 e. The fourth-order valence-electron chi connectivity index (χ4n) is 4.65. The van der Waals surface area contributed by atoms with Crippen molar-refractivity contribution in [3.8, 4) is 11.4 Å². The molecule has 1 aliphatic carbocycles. The number of rotatable bonds is 6. The van der Waals surface area contributed by atoms with E-state index in [4.69, 9.17) is 0 Å². The molecule has 0 unspecified atom stereocenters. The van der Waals surface area contributed by atoms with E-state index < -0.39 is 0 Å². The number of allylic oxidation sites excluding steroid dienone is 1. The highest BCUT2D eigenvalue weighted by Crippen LogP contribution is 2.36. The van der Waals surface area contributed by atoms with E-state index in [1.807, 2.05) is 34.9 Å². The molecule has 1 amide bonds. The van der Waals surface area contributed by atoms with Gasteiger partial charge in [-0.05, 0) is 43.7 Å². The normalized spacial score (nSPS) is 21.6. The number of fused-ring (bicyclic) bond motifs is 1. The number of benzene rings is 1. The van der Waals surface area contributed by atoms with Crippen LogP contribution in [0.2, 0.25) is 0 Å². The minimum absolute atomic E-state index is 0.241. The first kappa shape index (κ1) is 20.7. The van der Waals surface area contributed by atoms with E-state index >= 15 is 0 Å². The number of aromatic nitrogens is 3. The monoisotopic (exact) mass is 474 g/mol. The van der Waals surface area contributed by atoms with Gasteiger partial charge in [-0.15, -0.1) is 16.8 Å². The third kappa shape index (κ3) is 4.61. The summed E-state index contributed by atoms with van der Waals surface area (Å²) >= 11 is 4.96. The molecule has 1 aromatic carbocycles. The third-order valence-electron chi connectivity index (χ3n) is 6.02. The third-order valence-corrected chi connectivity index (χ3v) is 7.50.